The number of nitrogens with zero attached hydrogens (tertiary/aromatic N) is 6. The third kappa shape index (κ3) is 4.83. The minimum Gasteiger partial charge on any atom is -0.755 e. The molecule has 3 aromatic heterocycles. The van der Waals surface area contributed by atoms with Crippen LogP contribution in [0.3, 0.4) is 0 Å². The molecule has 1 amide bonds. The van der Waals surface area contributed by atoms with Crippen molar-refractivity contribution in [3.63, 3.8) is 0 Å². The Balaban J connectivity index is 1.49. The molecule has 38 heavy (non-hydrogen) atoms. The zero-order chi connectivity index (χ0) is 26.8. The summed E-state index contributed by atoms with van der Waals surface area (Å²) in [6.45, 7) is 6.67. The van der Waals surface area contributed by atoms with Crippen LogP contribution in [0.5, 0.6) is 0 Å². The van der Waals surface area contributed by atoms with E-state index in [-0.39, 0.29) is 11.3 Å². The summed E-state index contributed by atoms with van der Waals surface area (Å²) in [5.41, 5.74) is 6.11. The van der Waals surface area contributed by atoms with E-state index >= 15 is 0 Å². The second-order valence-electron chi connectivity index (χ2n) is 8.86. The molecule has 0 N–H and O–H groups in total. The van der Waals surface area contributed by atoms with Crippen molar-refractivity contribution in [2.75, 3.05) is 4.31 Å². The molecule has 3 heterocycles. The summed E-state index contributed by atoms with van der Waals surface area (Å²) in [5.74, 6) is 0.264. The molecular formula is C28H25N6O3S-. The van der Waals surface area contributed by atoms with Crippen molar-refractivity contribution < 1.29 is 13.6 Å². The predicted molar refractivity (Wildman–Crippen MR) is 145 cm³/mol. The van der Waals surface area contributed by atoms with Crippen LogP contribution in [0.15, 0.2) is 73.2 Å². The van der Waals surface area contributed by atoms with Crippen molar-refractivity contribution >= 4 is 34.0 Å². The first kappa shape index (κ1) is 25.4. The lowest BCUT2D eigenvalue weighted by atomic mass is 10.1. The van der Waals surface area contributed by atoms with Gasteiger partial charge < -0.3 is 9.12 Å². The van der Waals surface area contributed by atoms with Crippen LogP contribution in [-0.2, 0) is 24.2 Å². The van der Waals surface area contributed by atoms with Crippen molar-refractivity contribution in [2.45, 2.75) is 33.7 Å². The monoisotopic (exact) mass is 525 g/mol. The van der Waals surface area contributed by atoms with Gasteiger partial charge in [0.15, 0.2) is 5.65 Å². The molecule has 1 unspecified atom stereocenters. The Hall–Kier alpha value is -4.28. The highest BCUT2D eigenvalue weighted by Crippen LogP contribution is 2.30. The molecule has 192 valence electrons. The normalized spacial score (nSPS) is 12.0. The molecule has 0 fully saturated rings. The number of aryl methyl sites for hydroxylation is 3. The number of carbonyl (C=O) groups excluding carboxylic acids is 1. The Bertz CT molecular complexity index is 1650. The number of hydrogen-bond acceptors (Lipinski definition) is 7. The predicted octanol–water partition coefficient (Wildman–Crippen LogP) is 4.56. The molecule has 0 aliphatic rings. The first-order valence-electron chi connectivity index (χ1n) is 12.1. The van der Waals surface area contributed by atoms with Gasteiger partial charge in [-0.2, -0.15) is 0 Å². The number of imidazole rings is 1. The van der Waals surface area contributed by atoms with Gasteiger partial charge in [0.25, 0.3) is 5.91 Å². The number of pyridine rings is 1. The molecule has 9 nitrogen and oxygen atoms in total. The van der Waals surface area contributed by atoms with Crippen molar-refractivity contribution in [1.82, 2.24) is 24.5 Å². The molecule has 5 aromatic rings. The molecule has 10 heteroatoms. The topological polar surface area (TPSA) is 117 Å². The van der Waals surface area contributed by atoms with Crippen LogP contribution in [0.1, 0.15) is 39.9 Å². The van der Waals surface area contributed by atoms with Crippen LogP contribution in [0.2, 0.25) is 0 Å². The van der Waals surface area contributed by atoms with Crippen LogP contribution in [0, 0.1) is 13.8 Å². The maximum atomic E-state index is 13.1. The van der Waals surface area contributed by atoms with Crippen LogP contribution in [0.25, 0.3) is 22.4 Å². The van der Waals surface area contributed by atoms with E-state index in [0.29, 0.717) is 22.1 Å². The Morgan fingerprint density at radius 1 is 1.05 bits per heavy atom. The van der Waals surface area contributed by atoms with E-state index in [9.17, 15) is 13.6 Å². The number of carbonyl (C=O) groups is 1. The first-order valence-corrected chi connectivity index (χ1v) is 13.1. The standard InChI is InChI=1S/C28H26N6O3S/c1-4-24-32-25-18(2)14-19(3)31-27(25)33(24)16-20-10-12-21(13-11-20)26-23(15-29-17-30-26)34(38(36)37)28(35)22-8-6-5-7-9-22/h5-15,17H,4,16H2,1-3H3,(H,36,37)/p-1. The number of anilines is 1. The molecule has 0 saturated carbocycles. The third-order valence-electron chi connectivity index (χ3n) is 6.25. The Kier molecular flexibility index (Phi) is 7.08. The lowest BCUT2D eigenvalue weighted by Crippen LogP contribution is -2.33. The number of fused-ring (bicyclic) bond motifs is 1. The second-order valence-corrected chi connectivity index (χ2v) is 9.66. The SMILES string of the molecule is CCc1nc2c(C)cc(C)nc2n1Cc1ccc(-c2ncncc2N(C(=O)c2ccccc2)S(=O)[O-])cc1. The molecule has 0 radical (unpaired) electrons. The van der Waals surface area contributed by atoms with E-state index < -0.39 is 17.2 Å². The average Bonchev–Trinajstić information content (AvgIpc) is 3.27. The minimum absolute atomic E-state index is 0.0754. The molecule has 2 aromatic carbocycles. The number of rotatable bonds is 7. The van der Waals surface area contributed by atoms with Gasteiger partial charge >= 0.3 is 0 Å². The van der Waals surface area contributed by atoms with E-state index in [1.54, 1.807) is 30.3 Å². The van der Waals surface area contributed by atoms with Gasteiger partial charge in [-0.15, -0.1) is 0 Å². The molecule has 0 aliphatic carbocycles. The van der Waals surface area contributed by atoms with E-state index in [0.717, 1.165) is 40.2 Å². The summed E-state index contributed by atoms with van der Waals surface area (Å²) in [6, 6.07) is 17.9. The molecule has 1 atom stereocenters. The van der Waals surface area contributed by atoms with Crippen LogP contribution in [-0.4, -0.2) is 39.2 Å². The van der Waals surface area contributed by atoms with Gasteiger partial charge in [-0.1, -0.05) is 49.4 Å². The maximum absolute atomic E-state index is 13.1. The number of benzene rings is 2. The Morgan fingerprint density at radius 3 is 2.47 bits per heavy atom. The Labute approximate surface area is 222 Å². The highest BCUT2D eigenvalue weighted by atomic mass is 32.2. The van der Waals surface area contributed by atoms with E-state index in [1.165, 1.54) is 12.5 Å². The zero-order valence-corrected chi connectivity index (χ0v) is 22.0. The first-order chi connectivity index (χ1) is 18.4. The number of aromatic nitrogens is 5. The summed E-state index contributed by atoms with van der Waals surface area (Å²) < 4.78 is 27.2. The fourth-order valence-corrected chi connectivity index (χ4v) is 5.02. The maximum Gasteiger partial charge on any atom is 0.269 e. The van der Waals surface area contributed by atoms with Gasteiger partial charge in [-0.25, -0.2) is 24.2 Å². The highest BCUT2D eigenvalue weighted by Gasteiger charge is 2.23. The van der Waals surface area contributed by atoms with Crippen LogP contribution >= 0.6 is 0 Å². The summed E-state index contributed by atoms with van der Waals surface area (Å²) in [7, 11) is 0. The number of amides is 1. The fourth-order valence-electron chi connectivity index (χ4n) is 4.48. The van der Waals surface area contributed by atoms with E-state index in [2.05, 4.69) is 21.5 Å². The zero-order valence-electron chi connectivity index (χ0n) is 21.2. The van der Waals surface area contributed by atoms with Gasteiger partial charge in [0.2, 0.25) is 0 Å². The van der Waals surface area contributed by atoms with Crippen molar-refractivity contribution in [2.24, 2.45) is 0 Å². The molecule has 0 spiro atoms. The van der Waals surface area contributed by atoms with E-state index in [4.69, 9.17) is 9.97 Å². The molecule has 5 rings (SSSR count). The lowest BCUT2D eigenvalue weighted by molar-refractivity contribution is 0.100. The fraction of sp³-hybridized carbons (Fsp3) is 0.179. The quantitative estimate of drug-likeness (QED) is 0.286. The smallest absolute Gasteiger partial charge is 0.269 e. The van der Waals surface area contributed by atoms with Crippen molar-refractivity contribution in [3.8, 4) is 11.3 Å². The minimum atomic E-state index is -2.88. The van der Waals surface area contributed by atoms with Gasteiger partial charge in [-0.05, 0) is 43.2 Å². The third-order valence-corrected chi connectivity index (χ3v) is 6.91. The largest absolute Gasteiger partial charge is 0.755 e. The van der Waals surface area contributed by atoms with E-state index in [1.807, 2.05) is 44.2 Å². The molecular weight excluding hydrogens is 500 g/mol. The average molecular weight is 526 g/mol. The number of hydrogen-bond donors (Lipinski definition) is 0. The van der Waals surface area contributed by atoms with Gasteiger partial charge in [0, 0.05) is 23.2 Å². The molecule has 0 saturated heterocycles. The lowest BCUT2D eigenvalue weighted by Gasteiger charge is -2.25. The van der Waals surface area contributed by atoms with Gasteiger partial charge in [-0.3, -0.25) is 9.00 Å². The van der Waals surface area contributed by atoms with Gasteiger partial charge in [0.1, 0.15) is 23.4 Å². The summed E-state index contributed by atoms with van der Waals surface area (Å²) in [5, 5.41) is 0. The van der Waals surface area contributed by atoms with Crippen molar-refractivity contribution in [1.29, 1.82) is 0 Å². The highest BCUT2D eigenvalue weighted by molar-refractivity contribution is 7.81. The summed E-state index contributed by atoms with van der Waals surface area (Å²) in [6.07, 6.45) is 3.43. The second kappa shape index (κ2) is 10.6. The summed E-state index contributed by atoms with van der Waals surface area (Å²) >= 11 is -2.88. The Morgan fingerprint density at radius 2 is 1.79 bits per heavy atom. The molecule has 0 aliphatic heterocycles. The van der Waals surface area contributed by atoms with Crippen LogP contribution in [0.4, 0.5) is 5.69 Å². The van der Waals surface area contributed by atoms with Gasteiger partial charge in [0.05, 0.1) is 29.7 Å². The van der Waals surface area contributed by atoms with Crippen molar-refractivity contribution in [3.05, 3.63) is 101 Å². The summed E-state index contributed by atoms with van der Waals surface area (Å²) in [4.78, 5) is 30.9. The van der Waals surface area contributed by atoms with Crippen LogP contribution < -0.4 is 4.31 Å². The molecule has 0 bridgehead atoms.